The fraction of sp³-hybridized carbons (Fsp3) is 0.241. The quantitative estimate of drug-likeness (QED) is 0.384. The summed E-state index contributed by atoms with van der Waals surface area (Å²) in [6.45, 7) is 5.52. The molecule has 1 amide bonds. The molecule has 4 aromatic rings. The lowest BCUT2D eigenvalue weighted by atomic mass is 10.00. The zero-order valence-electron chi connectivity index (χ0n) is 19.9. The highest BCUT2D eigenvalue weighted by molar-refractivity contribution is 6.08. The molecule has 172 valence electrons. The fourth-order valence-electron chi connectivity index (χ4n) is 4.67. The third-order valence-electron chi connectivity index (χ3n) is 6.62. The number of rotatable bonds is 4. The van der Waals surface area contributed by atoms with Crippen LogP contribution in [-0.2, 0) is 0 Å². The maximum Gasteiger partial charge on any atom is 0.256 e. The van der Waals surface area contributed by atoms with Crippen LogP contribution >= 0.6 is 0 Å². The third kappa shape index (κ3) is 4.21. The van der Waals surface area contributed by atoms with Gasteiger partial charge < -0.3 is 14.2 Å². The van der Waals surface area contributed by atoms with Crippen LogP contribution in [0.3, 0.4) is 0 Å². The molecule has 0 spiro atoms. The minimum atomic E-state index is 0.0879. The second-order valence-corrected chi connectivity index (χ2v) is 8.91. The SMILES string of the molecule is COc1ccc(C=C2CCN(C(=O)c3cn(-c4ccc(C)cc4)c4c(C)nccc34)CC2)cc1. The smallest absolute Gasteiger partial charge is 0.256 e. The fourth-order valence-corrected chi connectivity index (χ4v) is 4.67. The van der Waals surface area contributed by atoms with Crippen molar-refractivity contribution in [1.29, 1.82) is 0 Å². The predicted molar refractivity (Wildman–Crippen MR) is 137 cm³/mol. The van der Waals surface area contributed by atoms with E-state index in [1.807, 2.05) is 36.2 Å². The van der Waals surface area contributed by atoms with Crippen LogP contribution in [0.15, 0.2) is 72.6 Å². The molecule has 34 heavy (non-hydrogen) atoms. The average Bonchev–Trinajstić information content (AvgIpc) is 3.26. The molecule has 1 aliphatic heterocycles. The Morgan fingerprint density at radius 3 is 2.35 bits per heavy atom. The first kappa shape index (κ1) is 22.0. The van der Waals surface area contributed by atoms with E-state index in [0.29, 0.717) is 0 Å². The van der Waals surface area contributed by atoms with Crippen LogP contribution in [-0.4, -0.2) is 40.6 Å². The number of amides is 1. The number of aryl methyl sites for hydroxylation is 2. The lowest BCUT2D eigenvalue weighted by Gasteiger charge is -2.28. The highest BCUT2D eigenvalue weighted by Gasteiger charge is 2.24. The van der Waals surface area contributed by atoms with Crippen LogP contribution in [0.25, 0.3) is 22.7 Å². The van der Waals surface area contributed by atoms with Gasteiger partial charge in [-0.15, -0.1) is 0 Å². The first-order valence-electron chi connectivity index (χ1n) is 11.7. The summed E-state index contributed by atoms with van der Waals surface area (Å²) in [6.07, 6.45) is 7.78. The molecule has 0 aliphatic carbocycles. The van der Waals surface area contributed by atoms with Crippen molar-refractivity contribution in [2.45, 2.75) is 26.7 Å². The number of likely N-dealkylation sites (tertiary alicyclic amines) is 1. The number of carbonyl (C=O) groups is 1. The molecule has 5 rings (SSSR count). The number of methoxy groups -OCH3 is 1. The molecule has 2 aromatic heterocycles. The van der Waals surface area contributed by atoms with Gasteiger partial charge in [-0.1, -0.05) is 41.5 Å². The van der Waals surface area contributed by atoms with Gasteiger partial charge in [0.1, 0.15) is 5.75 Å². The first-order valence-corrected chi connectivity index (χ1v) is 11.7. The second-order valence-electron chi connectivity index (χ2n) is 8.91. The van der Waals surface area contributed by atoms with Gasteiger partial charge in [-0.05, 0) is 62.6 Å². The number of fused-ring (bicyclic) bond motifs is 1. The molecule has 0 radical (unpaired) electrons. The molecule has 0 bridgehead atoms. The Morgan fingerprint density at radius 1 is 0.971 bits per heavy atom. The topological polar surface area (TPSA) is 47.4 Å². The summed E-state index contributed by atoms with van der Waals surface area (Å²) in [5.41, 5.74) is 7.43. The van der Waals surface area contributed by atoms with Crippen molar-refractivity contribution in [3.8, 4) is 11.4 Å². The summed E-state index contributed by atoms with van der Waals surface area (Å²) in [7, 11) is 1.68. The van der Waals surface area contributed by atoms with Crippen LogP contribution in [0.5, 0.6) is 5.75 Å². The van der Waals surface area contributed by atoms with E-state index in [1.165, 1.54) is 16.7 Å². The lowest BCUT2D eigenvalue weighted by Crippen LogP contribution is -2.36. The number of pyridine rings is 1. The highest BCUT2D eigenvalue weighted by atomic mass is 16.5. The normalized spacial score (nSPS) is 13.9. The van der Waals surface area contributed by atoms with Gasteiger partial charge >= 0.3 is 0 Å². The molecule has 1 aliphatic rings. The van der Waals surface area contributed by atoms with Gasteiger partial charge in [0, 0.05) is 36.6 Å². The molecule has 3 heterocycles. The highest BCUT2D eigenvalue weighted by Crippen LogP contribution is 2.29. The van der Waals surface area contributed by atoms with Crippen LogP contribution < -0.4 is 4.74 Å². The molecule has 1 fully saturated rings. The standard InChI is InChI=1S/C29H29N3O2/c1-20-4-8-24(9-5-20)32-19-27(26-12-15-30-21(2)28(26)32)29(33)31-16-13-23(14-17-31)18-22-6-10-25(34-3)11-7-22/h4-12,15,18-19H,13-14,16-17H2,1-3H3. The van der Waals surface area contributed by atoms with E-state index >= 15 is 0 Å². The Labute approximate surface area is 200 Å². The molecule has 5 nitrogen and oxygen atoms in total. The van der Waals surface area contributed by atoms with Gasteiger partial charge in [0.2, 0.25) is 0 Å². The van der Waals surface area contributed by atoms with Crippen molar-refractivity contribution in [2.24, 2.45) is 0 Å². The molecule has 1 saturated heterocycles. The van der Waals surface area contributed by atoms with Crippen molar-refractivity contribution in [1.82, 2.24) is 14.5 Å². The largest absolute Gasteiger partial charge is 0.497 e. The zero-order chi connectivity index (χ0) is 23.7. The van der Waals surface area contributed by atoms with Crippen LogP contribution in [0, 0.1) is 13.8 Å². The predicted octanol–water partition coefficient (Wildman–Crippen LogP) is 5.97. The van der Waals surface area contributed by atoms with E-state index in [9.17, 15) is 4.79 Å². The van der Waals surface area contributed by atoms with E-state index < -0.39 is 0 Å². The van der Waals surface area contributed by atoms with Crippen molar-refractivity contribution in [2.75, 3.05) is 20.2 Å². The van der Waals surface area contributed by atoms with Crippen LogP contribution in [0.2, 0.25) is 0 Å². The van der Waals surface area contributed by atoms with E-state index in [0.717, 1.165) is 59.5 Å². The first-order chi connectivity index (χ1) is 16.5. The molecule has 5 heteroatoms. The second kappa shape index (κ2) is 9.18. The maximum absolute atomic E-state index is 13.6. The third-order valence-corrected chi connectivity index (χ3v) is 6.62. The number of ether oxygens (including phenoxy) is 1. The molecular formula is C29H29N3O2. The summed E-state index contributed by atoms with van der Waals surface area (Å²) < 4.78 is 7.34. The van der Waals surface area contributed by atoms with Crippen molar-refractivity contribution >= 4 is 22.9 Å². The number of benzene rings is 2. The van der Waals surface area contributed by atoms with Crippen molar-refractivity contribution in [3.05, 3.63) is 94.9 Å². The van der Waals surface area contributed by atoms with E-state index in [2.05, 4.69) is 58.9 Å². The number of hydrogen-bond donors (Lipinski definition) is 0. The summed E-state index contributed by atoms with van der Waals surface area (Å²) in [5.74, 6) is 0.947. The van der Waals surface area contributed by atoms with Crippen LogP contribution in [0.1, 0.15) is 40.0 Å². The number of nitrogens with zero attached hydrogens (tertiary/aromatic N) is 3. The van der Waals surface area contributed by atoms with Gasteiger partial charge in [-0.3, -0.25) is 9.78 Å². The Morgan fingerprint density at radius 2 is 1.68 bits per heavy atom. The minimum absolute atomic E-state index is 0.0879. The number of aromatic nitrogens is 2. The molecular weight excluding hydrogens is 422 g/mol. The number of piperidine rings is 1. The zero-order valence-corrected chi connectivity index (χ0v) is 19.9. The van der Waals surface area contributed by atoms with E-state index in [1.54, 1.807) is 13.3 Å². The summed E-state index contributed by atoms with van der Waals surface area (Å²) in [6, 6.07) is 18.4. The Hall–Kier alpha value is -3.86. The van der Waals surface area contributed by atoms with Gasteiger partial charge in [-0.2, -0.15) is 0 Å². The lowest BCUT2D eigenvalue weighted by molar-refractivity contribution is 0.0746. The molecule has 0 atom stereocenters. The van der Waals surface area contributed by atoms with Crippen molar-refractivity contribution < 1.29 is 9.53 Å². The number of carbonyl (C=O) groups excluding carboxylic acids is 1. The van der Waals surface area contributed by atoms with Crippen molar-refractivity contribution in [3.63, 3.8) is 0 Å². The maximum atomic E-state index is 13.6. The Kier molecular flexibility index (Phi) is 5.93. The van der Waals surface area contributed by atoms with Gasteiger partial charge in [0.15, 0.2) is 0 Å². The van der Waals surface area contributed by atoms with E-state index in [-0.39, 0.29) is 5.91 Å². The minimum Gasteiger partial charge on any atom is -0.497 e. The summed E-state index contributed by atoms with van der Waals surface area (Å²) >= 11 is 0. The van der Waals surface area contributed by atoms with Gasteiger partial charge in [0.25, 0.3) is 5.91 Å². The van der Waals surface area contributed by atoms with E-state index in [4.69, 9.17) is 4.74 Å². The molecule has 0 N–H and O–H groups in total. The monoisotopic (exact) mass is 451 g/mol. The van der Waals surface area contributed by atoms with Gasteiger partial charge in [0.05, 0.1) is 23.9 Å². The molecule has 2 aromatic carbocycles. The molecule has 0 saturated carbocycles. The Balaban J connectivity index is 1.39. The van der Waals surface area contributed by atoms with Crippen LogP contribution in [0.4, 0.5) is 0 Å². The average molecular weight is 452 g/mol. The number of hydrogen-bond acceptors (Lipinski definition) is 3. The summed E-state index contributed by atoms with van der Waals surface area (Å²) in [4.78, 5) is 20.1. The Bertz CT molecular complexity index is 1360. The summed E-state index contributed by atoms with van der Waals surface area (Å²) in [5, 5.41) is 0.956. The molecule has 0 unspecified atom stereocenters. The van der Waals surface area contributed by atoms with Gasteiger partial charge in [-0.25, -0.2) is 0 Å².